The second kappa shape index (κ2) is 5.21. The predicted molar refractivity (Wildman–Crippen MR) is 69.3 cm³/mol. The molecule has 0 atom stereocenters. The van der Waals surface area contributed by atoms with Crippen LogP contribution < -0.4 is 10.6 Å². The van der Waals surface area contributed by atoms with Crippen molar-refractivity contribution in [1.82, 2.24) is 9.78 Å². The molecule has 7 nitrogen and oxygen atoms in total. The number of carbonyl (C=O) groups excluding carboxylic acids is 1. The predicted octanol–water partition coefficient (Wildman–Crippen LogP) is 1.76. The number of carboxylic acids is 1. The van der Waals surface area contributed by atoms with Gasteiger partial charge in [-0.2, -0.15) is 5.10 Å². The highest BCUT2D eigenvalue weighted by atomic mass is 16.4. The topological polar surface area (TPSA) is 96.2 Å². The van der Waals surface area contributed by atoms with Crippen LogP contribution in [0, 0.1) is 0 Å². The van der Waals surface area contributed by atoms with Crippen LogP contribution in [0.25, 0.3) is 0 Å². The molecular weight excluding hydrogens is 248 g/mol. The van der Waals surface area contributed by atoms with Crippen LogP contribution in [0.15, 0.2) is 36.7 Å². The summed E-state index contributed by atoms with van der Waals surface area (Å²) in [7, 11) is 1.74. The van der Waals surface area contributed by atoms with E-state index in [0.717, 1.165) is 0 Å². The van der Waals surface area contributed by atoms with Crippen molar-refractivity contribution in [2.24, 2.45) is 7.05 Å². The van der Waals surface area contributed by atoms with Crippen molar-refractivity contribution in [2.45, 2.75) is 0 Å². The minimum Gasteiger partial charge on any atom is -0.478 e. The van der Waals surface area contributed by atoms with Crippen LogP contribution in [-0.4, -0.2) is 26.9 Å². The van der Waals surface area contributed by atoms with Gasteiger partial charge in [-0.1, -0.05) is 0 Å². The minimum atomic E-state index is -1.01. The number of aromatic nitrogens is 2. The molecule has 2 amide bonds. The average molecular weight is 260 g/mol. The molecule has 0 spiro atoms. The number of carboxylic acid groups (broad SMARTS) is 1. The normalized spacial score (nSPS) is 9.95. The lowest BCUT2D eigenvalue weighted by molar-refractivity contribution is 0.0697. The van der Waals surface area contributed by atoms with Gasteiger partial charge in [0.2, 0.25) is 0 Å². The number of hydrogen-bond donors (Lipinski definition) is 3. The minimum absolute atomic E-state index is 0.165. The smallest absolute Gasteiger partial charge is 0.335 e. The molecule has 3 N–H and O–H groups in total. The molecular formula is C12H12N4O3. The van der Waals surface area contributed by atoms with E-state index in [1.54, 1.807) is 17.9 Å². The van der Waals surface area contributed by atoms with Gasteiger partial charge in [0, 0.05) is 18.9 Å². The summed E-state index contributed by atoms with van der Waals surface area (Å²) in [5.74, 6) is -1.01. The van der Waals surface area contributed by atoms with E-state index in [2.05, 4.69) is 15.7 Å². The highest BCUT2D eigenvalue weighted by Crippen LogP contribution is 2.10. The Balaban J connectivity index is 1.97. The zero-order valence-corrected chi connectivity index (χ0v) is 10.1. The molecule has 0 aliphatic rings. The first-order valence-electron chi connectivity index (χ1n) is 5.44. The number of amides is 2. The molecule has 7 heteroatoms. The van der Waals surface area contributed by atoms with Crippen LogP contribution in [0.4, 0.5) is 16.2 Å². The number of carbonyl (C=O) groups is 2. The Morgan fingerprint density at radius 3 is 2.32 bits per heavy atom. The summed E-state index contributed by atoms with van der Waals surface area (Å²) in [5.41, 5.74) is 1.24. The maximum absolute atomic E-state index is 11.6. The zero-order valence-electron chi connectivity index (χ0n) is 10.1. The molecule has 0 radical (unpaired) electrons. The molecule has 2 rings (SSSR count). The average Bonchev–Trinajstić information content (AvgIpc) is 2.75. The number of anilines is 2. The number of hydrogen-bond acceptors (Lipinski definition) is 3. The first kappa shape index (κ1) is 12.6. The molecule has 0 saturated heterocycles. The maximum Gasteiger partial charge on any atom is 0.335 e. The maximum atomic E-state index is 11.6. The Morgan fingerprint density at radius 1 is 1.16 bits per heavy atom. The van der Waals surface area contributed by atoms with E-state index in [4.69, 9.17) is 5.11 Å². The zero-order chi connectivity index (χ0) is 13.8. The first-order valence-corrected chi connectivity index (χ1v) is 5.44. The summed E-state index contributed by atoms with van der Waals surface area (Å²) < 4.78 is 1.57. The summed E-state index contributed by atoms with van der Waals surface area (Å²) in [6, 6.07) is 5.46. The van der Waals surface area contributed by atoms with Gasteiger partial charge in [0.25, 0.3) is 0 Å². The molecule has 0 aliphatic heterocycles. The second-order valence-electron chi connectivity index (χ2n) is 3.86. The van der Waals surface area contributed by atoms with Crippen molar-refractivity contribution in [3.05, 3.63) is 42.2 Å². The van der Waals surface area contributed by atoms with E-state index in [1.165, 1.54) is 30.5 Å². The molecule has 1 aromatic heterocycles. The number of nitrogens with zero attached hydrogens (tertiary/aromatic N) is 2. The van der Waals surface area contributed by atoms with Crippen molar-refractivity contribution >= 4 is 23.4 Å². The molecule has 2 aromatic rings. The van der Waals surface area contributed by atoms with Crippen molar-refractivity contribution < 1.29 is 14.7 Å². The van der Waals surface area contributed by atoms with Crippen LogP contribution >= 0.6 is 0 Å². The summed E-state index contributed by atoms with van der Waals surface area (Å²) in [4.78, 5) is 22.3. The number of nitrogens with one attached hydrogen (secondary N) is 2. The lowest BCUT2D eigenvalue weighted by Crippen LogP contribution is -2.19. The van der Waals surface area contributed by atoms with Crippen LogP contribution in [0.1, 0.15) is 10.4 Å². The third kappa shape index (κ3) is 3.32. The first-order chi connectivity index (χ1) is 9.04. The van der Waals surface area contributed by atoms with E-state index >= 15 is 0 Å². The van der Waals surface area contributed by atoms with Gasteiger partial charge in [0.15, 0.2) is 0 Å². The highest BCUT2D eigenvalue weighted by molar-refractivity contribution is 5.99. The Morgan fingerprint density at radius 2 is 1.79 bits per heavy atom. The highest BCUT2D eigenvalue weighted by Gasteiger charge is 2.05. The molecule has 0 bridgehead atoms. The van der Waals surface area contributed by atoms with Gasteiger partial charge in [-0.15, -0.1) is 0 Å². The molecule has 0 saturated carbocycles. The van der Waals surface area contributed by atoms with Crippen molar-refractivity contribution in [2.75, 3.05) is 10.6 Å². The van der Waals surface area contributed by atoms with Crippen molar-refractivity contribution in [1.29, 1.82) is 0 Å². The number of aromatic carboxylic acids is 1. The summed E-state index contributed by atoms with van der Waals surface area (Å²) in [6.45, 7) is 0. The Bertz CT molecular complexity index is 604. The van der Waals surface area contributed by atoms with E-state index < -0.39 is 12.0 Å². The van der Waals surface area contributed by atoms with E-state index in [0.29, 0.717) is 11.4 Å². The van der Waals surface area contributed by atoms with Gasteiger partial charge < -0.3 is 15.7 Å². The molecule has 0 unspecified atom stereocenters. The second-order valence-corrected chi connectivity index (χ2v) is 3.86. The van der Waals surface area contributed by atoms with Gasteiger partial charge >= 0.3 is 12.0 Å². The number of rotatable bonds is 3. The van der Waals surface area contributed by atoms with Gasteiger partial charge in [0.05, 0.1) is 17.4 Å². The fourth-order valence-corrected chi connectivity index (χ4v) is 1.48. The van der Waals surface area contributed by atoms with Crippen LogP contribution in [0.5, 0.6) is 0 Å². The van der Waals surface area contributed by atoms with Gasteiger partial charge in [0.1, 0.15) is 0 Å². The number of aryl methyl sites for hydroxylation is 1. The van der Waals surface area contributed by atoms with Crippen LogP contribution in [-0.2, 0) is 7.05 Å². The lowest BCUT2D eigenvalue weighted by atomic mass is 10.2. The standard InChI is InChI=1S/C12H12N4O3/c1-16-7-10(6-13-16)15-12(19)14-9-4-2-8(3-5-9)11(17)18/h2-7H,1H3,(H,17,18)(H2,14,15,19). The van der Waals surface area contributed by atoms with Gasteiger partial charge in [-0.05, 0) is 24.3 Å². The van der Waals surface area contributed by atoms with Gasteiger partial charge in [-0.3, -0.25) is 4.68 Å². The van der Waals surface area contributed by atoms with Gasteiger partial charge in [-0.25, -0.2) is 9.59 Å². The molecule has 0 fully saturated rings. The largest absolute Gasteiger partial charge is 0.478 e. The number of urea groups is 1. The lowest BCUT2D eigenvalue weighted by Gasteiger charge is -2.05. The third-order valence-corrected chi connectivity index (χ3v) is 2.35. The van der Waals surface area contributed by atoms with Crippen LogP contribution in [0.2, 0.25) is 0 Å². The van der Waals surface area contributed by atoms with E-state index in [-0.39, 0.29) is 5.56 Å². The van der Waals surface area contributed by atoms with Crippen LogP contribution in [0.3, 0.4) is 0 Å². The SMILES string of the molecule is Cn1cc(NC(=O)Nc2ccc(C(=O)O)cc2)cn1. The number of benzene rings is 1. The quantitative estimate of drug-likeness (QED) is 0.783. The Labute approximate surface area is 108 Å². The Hall–Kier alpha value is -2.83. The molecule has 1 aromatic carbocycles. The van der Waals surface area contributed by atoms with Crippen molar-refractivity contribution in [3.8, 4) is 0 Å². The summed E-state index contributed by atoms with van der Waals surface area (Å²) in [6.07, 6.45) is 3.18. The fourth-order valence-electron chi connectivity index (χ4n) is 1.48. The Kier molecular flexibility index (Phi) is 3.46. The third-order valence-electron chi connectivity index (χ3n) is 2.35. The molecule has 98 valence electrons. The summed E-state index contributed by atoms with van der Waals surface area (Å²) >= 11 is 0. The van der Waals surface area contributed by atoms with E-state index in [9.17, 15) is 9.59 Å². The molecule has 19 heavy (non-hydrogen) atoms. The summed E-state index contributed by atoms with van der Waals surface area (Å²) in [5, 5.41) is 17.8. The fraction of sp³-hybridized carbons (Fsp3) is 0.0833. The monoisotopic (exact) mass is 260 g/mol. The van der Waals surface area contributed by atoms with E-state index in [1.807, 2.05) is 0 Å². The molecule has 0 aliphatic carbocycles. The molecule has 1 heterocycles. The van der Waals surface area contributed by atoms with Crippen molar-refractivity contribution in [3.63, 3.8) is 0 Å².